The number of hydrogen-bond donors (Lipinski definition) is 0. The molecule has 0 atom stereocenters. The smallest absolute Gasteiger partial charge is 0.214 e. The highest BCUT2D eigenvalue weighted by molar-refractivity contribution is 6.07. The Hall–Kier alpha value is -4.50. The van der Waals surface area contributed by atoms with Crippen LogP contribution in [0.4, 0.5) is 0 Å². The van der Waals surface area contributed by atoms with Gasteiger partial charge in [0, 0.05) is 53.4 Å². The first-order chi connectivity index (χ1) is 18.3. The fourth-order valence-corrected chi connectivity index (χ4v) is 6.22. The molecule has 3 nitrogen and oxygen atoms in total. The molecule has 0 N–H and O–H groups in total. The average Bonchev–Trinajstić information content (AvgIpc) is 3.35. The van der Waals surface area contributed by atoms with Crippen molar-refractivity contribution in [2.45, 2.75) is 25.9 Å². The topological polar surface area (TPSA) is 20.9 Å². The summed E-state index contributed by atoms with van der Waals surface area (Å²) in [5.74, 6) is 0. The van der Waals surface area contributed by atoms with Crippen molar-refractivity contribution < 1.29 is 13.6 Å². The average molecular weight is 479 g/mol. The first kappa shape index (κ1) is 20.7. The van der Waals surface area contributed by atoms with E-state index in [9.17, 15) is 0 Å². The molecule has 2 aliphatic rings. The van der Waals surface area contributed by atoms with Crippen LogP contribution in [0.1, 0.15) is 22.3 Å². The molecule has 0 fully saturated rings. The van der Waals surface area contributed by atoms with Gasteiger partial charge in [0.05, 0.1) is 11.1 Å². The highest BCUT2D eigenvalue weighted by Crippen LogP contribution is 2.39. The Labute approximate surface area is 215 Å². The first-order valence-corrected chi connectivity index (χ1v) is 13.1. The summed E-state index contributed by atoms with van der Waals surface area (Å²) in [6.45, 7) is 2.05. The number of aromatic nitrogens is 2. The molecule has 0 aliphatic carbocycles. The van der Waals surface area contributed by atoms with Gasteiger partial charge in [-0.25, -0.2) is 0 Å². The third-order valence-electron chi connectivity index (χ3n) is 8.02. The summed E-state index contributed by atoms with van der Waals surface area (Å²) in [4.78, 5) is 0. The van der Waals surface area contributed by atoms with Crippen LogP contribution < -0.4 is 9.13 Å². The summed E-state index contributed by atoms with van der Waals surface area (Å²) < 4.78 is 11.1. The lowest BCUT2D eigenvalue weighted by Crippen LogP contribution is -2.43. The van der Waals surface area contributed by atoms with Gasteiger partial charge in [0.15, 0.2) is 25.5 Å². The van der Waals surface area contributed by atoms with Crippen molar-refractivity contribution in [3.63, 3.8) is 0 Å². The van der Waals surface area contributed by atoms with Crippen LogP contribution in [0.3, 0.4) is 0 Å². The molecule has 0 bridgehead atoms. The van der Waals surface area contributed by atoms with Gasteiger partial charge in [-0.2, -0.15) is 9.13 Å². The molecule has 6 aromatic rings. The van der Waals surface area contributed by atoms with Crippen LogP contribution in [-0.2, 0) is 25.9 Å². The van der Waals surface area contributed by atoms with E-state index in [0.29, 0.717) is 0 Å². The van der Waals surface area contributed by atoms with Crippen molar-refractivity contribution in [2.24, 2.45) is 0 Å². The number of para-hydroxylation sites is 2. The molecule has 0 spiro atoms. The van der Waals surface area contributed by atoms with E-state index < -0.39 is 0 Å². The predicted molar refractivity (Wildman–Crippen MR) is 148 cm³/mol. The highest BCUT2D eigenvalue weighted by Gasteiger charge is 2.33. The van der Waals surface area contributed by atoms with E-state index >= 15 is 0 Å². The van der Waals surface area contributed by atoms with E-state index in [-0.39, 0.29) is 0 Å². The van der Waals surface area contributed by atoms with Gasteiger partial charge in [0.25, 0.3) is 0 Å². The zero-order valence-corrected chi connectivity index (χ0v) is 20.5. The van der Waals surface area contributed by atoms with Gasteiger partial charge < -0.3 is 4.42 Å². The number of aryl methyl sites for hydroxylation is 4. The zero-order chi connectivity index (χ0) is 24.3. The fraction of sp³-hybridized carbons (Fsp3) is 0.118. The summed E-state index contributed by atoms with van der Waals surface area (Å²) in [7, 11) is 0. The maximum Gasteiger partial charge on any atom is 0.214 e. The van der Waals surface area contributed by atoms with Crippen molar-refractivity contribution in [1.29, 1.82) is 0 Å². The fourth-order valence-electron chi connectivity index (χ4n) is 6.22. The number of fused-ring (bicyclic) bond motifs is 10. The molecule has 0 amide bonds. The molecule has 3 heteroatoms. The van der Waals surface area contributed by atoms with Gasteiger partial charge in [-0.1, -0.05) is 60.7 Å². The third kappa shape index (κ3) is 3.20. The Balaban J connectivity index is 1.26. The van der Waals surface area contributed by atoms with Crippen molar-refractivity contribution in [3.8, 4) is 22.5 Å². The maximum absolute atomic E-state index is 6.25. The number of benzene rings is 3. The monoisotopic (exact) mass is 478 g/mol. The largest absolute Gasteiger partial charge is 0.455 e. The Morgan fingerprint density at radius 2 is 1.38 bits per heavy atom. The van der Waals surface area contributed by atoms with Crippen LogP contribution in [0.5, 0.6) is 0 Å². The van der Waals surface area contributed by atoms with Crippen LogP contribution in [0.2, 0.25) is 0 Å². The van der Waals surface area contributed by atoms with Crippen LogP contribution in [0.25, 0.3) is 56.6 Å². The Morgan fingerprint density at radius 3 is 2.27 bits per heavy atom. The minimum Gasteiger partial charge on any atom is -0.455 e. The zero-order valence-electron chi connectivity index (χ0n) is 20.5. The molecule has 0 saturated heterocycles. The number of rotatable bonds is 2. The molecule has 3 aromatic heterocycles. The van der Waals surface area contributed by atoms with Crippen LogP contribution in [-0.4, -0.2) is 0 Å². The highest BCUT2D eigenvalue weighted by atomic mass is 16.3. The van der Waals surface area contributed by atoms with Crippen LogP contribution in [0, 0.1) is 0 Å². The lowest BCUT2D eigenvalue weighted by molar-refractivity contribution is -0.689. The van der Waals surface area contributed by atoms with Gasteiger partial charge in [-0.05, 0) is 28.8 Å². The third-order valence-corrected chi connectivity index (χ3v) is 8.02. The lowest BCUT2D eigenvalue weighted by Gasteiger charge is -2.22. The molecule has 0 saturated carbocycles. The van der Waals surface area contributed by atoms with Crippen LogP contribution >= 0.6 is 0 Å². The second kappa shape index (κ2) is 8.01. The second-order valence-electron chi connectivity index (χ2n) is 10.1. The quantitative estimate of drug-likeness (QED) is 0.251. The molecule has 3 aromatic carbocycles. The molecule has 2 aliphatic heterocycles. The van der Waals surface area contributed by atoms with Crippen LogP contribution in [0.15, 0.2) is 102 Å². The van der Waals surface area contributed by atoms with E-state index in [2.05, 4.69) is 106 Å². The number of hydrogen-bond acceptors (Lipinski definition) is 1. The molecule has 37 heavy (non-hydrogen) atoms. The number of furan rings is 1. The normalized spacial score (nSPS) is 13.9. The van der Waals surface area contributed by atoms with E-state index in [1.807, 2.05) is 12.1 Å². The predicted octanol–water partition coefficient (Wildman–Crippen LogP) is 6.78. The molecular formula is C34H26N2O+2. The molecule has 8 rings (SSSR count). The lowest BCUT2D eigenvalue weighted by atomic mass is 9.85. The SMILES string of the molecule is C(=C\c1cccc2c1oc1ccccc12)/c1cc[n+]2c(c1)-c1c(ccc3c1-c1cccc[n+]1CC3)CC2. The van der Waals surface area contributed by atoms with Gasteiger partial charge in [0.2, 0.25) is 11.4 Å². The molecule has 5 heterocycles. The Bertz CT molecular complexity index is 1890. The summed E-state index contributed by atoms with van der Waals surface area (Å²) >= 11 is 0. The van der Waals surface area contributed by atoms with Gasteiger partial charge >= 0.3 is 0 Å². The first-order valence-electron chi connectivity index (χ1n) is 13.1. The van der Waals surface area contributed by atoms with E-state index in [1.54, 1.807) is 0 Å². The number of nitrogens with zero attached hydrogens (tertiary/aromatic N) is 2. The van der Waals surface area contributed by atoms with E-state index in [0.717, 1.165) is 53.4 Å². The number of pyridine rings is 2. The molecule has 176 valence electrons. The molecular weight excluding hydrogens is 452 g/mol. The summed E-state index contributed by atoms with van der Waals surface area (Å²) in [5, 5.41) is 2.33. The summed E-state index contributed by atoms with van der Waals surface area (Å²) in [6, 6.07) is 30.5. The Morgan fingerprint density at radius 1 is 0.622 bits per heavy atom. The molecule has 0 radical (unpaired) electrons. The minimum absolute atomic E-state index is 0.933. The van der Waals surface area contributed by atoms with Crippen molar-refractivity contribution >= 4 is 34.1 Å². The standard InChI is InChI=1S/C34H26N2O/c1-2-10-31-27(7-1)28-8-5-6-26(34(28)37-31)12-11-23-15-19-36-21-17-25-14-13-24-16-20-35-18-4-3-9-29(35)32(24)33(25)30(36)22-23/h1-15,18-19,22H,16-17,20-21H2/q+2/b12-11+. The maximum atomic E-state index is 6.25. The van der Waals surface area contributed by atoms with Gasteiger partial charge in [0.1, 0.15) is 11.2 Å². The van der Waals surface area contributed by atoms with E-state index in [4.69, 9.17) is 4.42 Å². The van der Waals surface area contributed by atoms with Crippen molar-refractivity contribution in [3.05, 3.63) is 120 Å². The van der Waals surface area contributed by atoms with Gasteiger partial charge in [-0.3, -0.25) is 0 Å². The summed E-state index contributed by atoms with van der Waals surface area (Å²) in [6.07, 6.45) is 11.0. The van der Waals surface area contributed by atoms with Crippen molar-refractivity contribution in [2.75, 3.05) is 0 Å². The molecule has 0 unspecified atom stereocenters. The minimum atomic E-state index is 0.933. The summed E-state index contributed by atoms with van der Waals surface area (Å²) in [5.41, 5.74) is 12.5. The van der Waals surface area contributed by atoms with Crippen molar-refractivity contribution in [1.82, 2.24) is 0 Å². The Kier molecular flexibility index (Phi) is 4.47. The second-order valence-corrected chi connectivity index (χ2v) is 10.1. The van der Waals surface area contributed by atoms with E-state index in [1.165, 1.54) is 39.2 Å². The van der Waals surface area contributed by atoms with Gasteiger partial charge in [-0.15, -0.1) is 0 Å².